The van der Waals surface area contributed by atoms with Crippen molar-refractivity contribution < 1.29 is 14.0 Å². The van der Waals surface area contributed by atoms with Crippen LogP contribution in [0.4, 0.5) is 10.1 Å². The smallest absolute Gasteiger partial charge is 0.247 e. The monoisotopic (exact) mass is 632 g/mol. The molecule has 11 heteroatoms. The van der Waals surface area contributed by atoms with Crippen LogP contribution in [-0.4, -0.2) is 49.3 Å². The summed E-state index contributed by atoms with van der Waals surface area (Å²) in [6.45, 7) is 2.91. The molecular formula is C30H26BrFN6O2S. The zero-order chi connectivity index (χ0) is 28.5. The Balaban J connectivity index is 1.14. The Hall–Kier alpha value is -3.96. The van der Waals surface area contributed by atoms with E-state index < -0.39 is 11.9 Å². The number of thiazole rings is 1. The van der Waals surface area contributed by atoms with Gasteiger partial charge in [-0.15, -0.1) is 16.4 Å². The molecule has 208 valence electrons. The number of rotatable bonds is 7. The summed E-state index contributed by atoms with van der Waals surface area (Å²) in [7, 11) is 0. The summed E-state index contributed by atoms with van der Waals surface area (Å²) in [5.74, 6) is -0.848. The van der Waals surface area contributed by atoms with E-state index in [0.717, 1.165) is 37.2 Å². The van der Waals surface area contributed by atoms with Gasteiger partial charge in [0, 0.05) is 17.8 Å². The molecule has 8 nitrogen and oxygen atoms in total. The molecule has 1 fully saturated rings. The molecule has 3 aromatic carbocycles. The summed E-state index contributed by atoms with van der Waals surface area (Å²) in [6.07, 6.45) is 3.21. The summed E-state index contributed by atoms with van der Waals surface area (Å²) >= 11 is 4.90. The first-order chi connectivity index (χ1) is 19.8. The third-order valence-corrected chi connectivity index (χ3v) is 8.86. The van der Waals surface area contributed by atoms with E-state index in [0.29, 0.717) is 30.9 Å². The maximum atomic E-state index is 14.8. The third kappa shape index (κ3) is 5.91. The molecule has 1 aliphatic rings. The number of likely N-dealkylation sites (tertiary alicyclic amines) is 1. The average Bonchev–Trinajstić information content (AvgIpc) is 3.70. The van der Waals surface area contributed by atoms with Crippen molar-refractivity contribution in [3.63, 3.8) is 0 Å². The molecule has 5 aromatic rings. The van der Waals surface area contributed by atoms with Crippen molar-refractivity contribution in [2.24, 2.45) is 0 Å². The lowest BCUT2D eigenvalue weighted by Crippen LogP contribution is -2.43. The van der Waals surface area contributed by atoms with E-state index in [1.807, 2.05) is 49.4 Å². The highest BCUT2D eigenvalue weighted by Gasteiger charge is 2.34. The van der Waals surface area contributed by atoms with Crippen molar-refractivity contribution in [3.05, 3.63) is 92.7 Å². The number of fused-ring (bicyclic) bond motifs is 1. The molecule has 2 aromatic heterocycles. The molecule has 2 amide bonds. The molecule has 0 bridgehead atoms. The lowest BCUT2D eigenvalue weighted by molar-refractivity contribution is -0.136. The number of nitrogens with zero attached hydrogens (tertiary/aromatic N) is 5. The summed E-state index contributed by atoms with van der Waals surface area (Å²) in [5.41, 5.74) is 2.82. The van der Waals surface area contributed by atoms with Gasteiger partial charge in [0.05, 0.1) is 29.7 Å². The molecule has 1 saturated heterocycles. The van der Waals surface area contributed by atoms with Crippen molar-refractivity contribution in [1.29, 1.82) is 0 Å². The van der Waals surface area contributed by atoms with Crippen LogP contribution in [0.15, 0.2) is 70.8 Å². The second kappa shape index (κ2) is 11.5. The standard InChI is InChI=1S/C30H26BrFN6O2S/c1-18-27(41-30(31)33-18)17-37-16-25(35-36-37)23-15-22(10-11-24(23)32)34-29(40)26-7-4-12-38(26)28(39)14-19-8-9-20-5-2-3-6-21(20)13-19/h2-3,5-6,8-11,13,15-16,26H,4,7,12,14,17H2,1H3,(H,34,40). The van der Waals surface area contributed by atoms with Gasteiger partial charge in [-0.25, -0.2) is 14.1 Å². The van der Waals surface area contributed by atoms with Crippen LogP contribution in [0.25, 0.3) is 22.0 Å². The van der Waals surface area contributed by atoms with Crippen LogP contribution in [0.2, 0.25) is 0 Å². The number of aryl methyl sites for hydroxylation is 1. The van der Waals surface area contributed by atoms with Crippen molar-refractivity contribution >= 4 is 55.5 Å². The summed E-state index contributed by atoms with van der Waals surface area (Å²) in [6, 6.07) is 17.8. The quantitative estimate of drug-likeness (QED) is 0.238. The highest BCUT2D eigenvalue weighted by molar-refractivity contribution is 9.11. The van der Waals surface area contributed by atoms with Crippen molar-refractivity contribution in [1.82, 2.24) is 24.9 Å². The number of amides is 2. The first-order valence-corrected chi connectivity index (χ1v) is 14.8. The van der Waals surface area contributed by atoms with Crippen LogP contribution in [0.5, 0.6) is 0 Å². The molecule has 6 rings (SSSR count). The molecule has 1 unspecified atom stereocenters. The van der Waals surface area contributed by atoms with Crippen LogP contribution < -0.4 is 5.32 Å². The summed E-state index contributed by atoms with van der Waals surface area (Å²) < 4.78 is 17.2. The fraction of sp³-hybridized carbons (Fsp3) is 0.233. The molecule has 0 saturated carbocycles. The fourth-order valence-electron chi connectivity index (χ4n) is 5.17. The van der Waals surface area contributed by atoms with E-state index in [1.54, 1.807) is 21.8 Å². The summed E-state index contributed by atoms with van der Waals surface area (Å²) in [5, 5.41) is 13.4. The Morgan fingerprint density at radius 2 is 1.95 bits per heavy atom. The Kier molecular flexibility index (Phi) is 7.63. The van der Waals surface area contributed by atoms with Gasteiger partial charge in [0.15, 0.2) is 3.92 Å². The van der Waals surface area contributed by atoms with Gasteiger partial charge in [-0.2, -0.15) is 0 Å². The van der Waals surface area contributed by atoms with Crippen molar-refractivity contribution in [2.75, 3.05) is 11.9 Å². The molecule has 1 N–H and O–H groups in total. The van der Waals surface area contributed by atoms with Crippen molar-refractivity contribution in [3.8, 4) is 11.3 Å². The number of halogens is 2. The van der Waals surface area contributed by atoms with Gasteiger partial charge < -0.3 is 10.2 Å². The SMILES string of the molecule is Cc1nc(Br)sc1Cn1cc(-c2cc(NC(=O)C3CCCN3C(=O)Cc3ccc4ccccc4c3)ccc2F)nn1. The first-order valence-electron chi connectivity index (χ1n) is 13.2. The molecular weight excluding hydrogens is 607 g/mol. The number of nitrogens with one attached hydrogen (secondary N) is 1. The zero-order valence-electron chi connectivity index (χ0n) is 22.2. The van der Waals surface area contributed by atoms with Gasteiger partial charge in [-0.1, -0.05) is 47.7 Å². The van der Waals surface area contributed by atoms with E-state index in [-0.39, 0.29) is 23.8 Å². The number of benzene rings is 3. The topological polar surface area (TPSA) is 93.0 Å². The summed E-state index contributed by atoms with van der Waals surface area (Å²) in [4.78, 5) is 33.5. The Morgan fingerprint density at radius 1 is 1.12 bits per heavy atom. The predicted molar refractivity (Wildman–Crippen MR) is 160 cm³/mol. The van der Waals surface area contributed by atoms with Gasteiger partial charge in [0.2, 0.25) is 11.8 Å². The van der Waals surface area contributed by atoms with E-state index >= 15 is 0 Å². The second-order valence-corrected chi connectivity index (χ2v) is 12.4. The molecule has 1 aliphatic heterocycles. The first kappa shape index (κ1) is 27.2. The predicted octanol–water partition coefficient (Wildman–Crippen LogP) is 5.99. The molecule has 0 aliphatic carbocycles. The molecule has 0 spiro atoms. The fourth-order valence-corrected chi connectivity index (χ4v) is 6.80. The van der Waals surface area contributed by atoms with Gasteiger partial charge in [-0.3, -0.25) is 9.59 Å². The van der Waals surface area contributed by atoms with E-state index in [9.17, 15) is 14.0 Å². The van der Waals surface area contributed by atoms with Crippen molar-refractivity contribution in [2.45, 2.75) is 38.8 Å². The Labute approximate surface area is 248 Å². The minimum absolute atomic E-state index is 0.0856. The lowest BCUT2D eigenvalue weighted by atomic mass is 10.0. The maximum Gasteiger partial charge on any atom is 0.247 e. The largest absolute Gasteiger partial charge is 0.330 e. The van der Waals surface area contributed by atoms with Crippen LogP contribution in [0, 0.1) is 12.7 Å². The lowest BCUT2D eigenvalue weighted by Gasteiger charge is -2.24. The van der Waals surface area contributed by atoms with Gasteiger partial charge in [0.25, 0.3) is 0 Å². The van der Waals surface area contributed by atoms with Crippen LogP contribution in [0.1, 0.15) is 29.0 Å². The number of aromatic nitrogens is 4. The minimum atomic E-state index is -0.584. The van der Waals surface area contributed by atoms with Crippen LogP contribution in [0.3, 0.4) is 0 Å². The molecule has 3 heterocycles. The number of anilines is 1. The Morgan fingerprint density at radius 3 is 2.76 bits per heavy atom. The van der Waals surface area contributed by atoms with E-state index in [1.165, 1.54) is 23.5 Å². The maximum absolute atomic E-state index is 14.8. The number of carbonyl (C=O) groups is 2. The molecule has 1 atom stereocenters. The third-order valence-electron chi connectivity index (χ3n) is 7.27. The number of hydrogen-bond acceptors (Lipinski definition) is 6. The van der Waals surface area contributed by atoms with E-state index in [2.05, 4.69) is 36.5 Å². The van der Waals surface area contributed by atoms with Crippen LogP contribution >= 0.6 is 27.3 Å². The highest BCUT2D eigenvalue weighted by atomic mass is 79.9. The van der Waals surface area contributed by atoms with Gasteiger partial charge >= 0.3 is 0 Å². The highest BCUT2D eigenvalue weighted by Crippen LogP contribution is 2.28. The average molecular weight is 634 g/mol. The van der Waals surface area contributed by atoms with Crippen LogP contribution in [-0.2, 0) is 22.6 Å². The number of hydrogen-bond donors (Lipinski definition) is 1. The van der Waals surface area contributed by atoms with Gasteiger partial charge in [0.1, 0.15) is 17.6 Å². The zero-order valence-corrected chi connectivity index (χ0v) is 24.6. The normalized spacial score (nSPS) is 15.0. The number of carbonyl (C=O) groups excluding carboxylic acids is 2. The van der Waals surface area contributed by atoms with Gasteiger partial charge in [-0.05, 0) is 70.2 Å². The second-order valence-electron chi connectivity index (χ2n) is 10.1. The molecule has 41 heavy (non-hydrogen) atoms. The Bertz CT molecular complexity index is 1770. The minimum Gasteiger partial charge on any atom is -0.330 e. The molecule has 0 radical (unpaired) electrons. The van der Waals surface area contributed by atoms with E-state index in [4.69, 9.17) is 0 Å².